The zero-order valence-electron chi connectivity index (χ0n) is 9.43. The lowest BCUT2D eigenvalue weighted by atomic mass is 10.1. The van der Waals surface area contributed by atoms with Crippen LogP contribution in [0.1, 0.15) is 18.6 Å². The number of para-hydroxylation sites is 1. The highest BCUT2D eigenvalue weighted by Gasteiger charge is 2.14. The summed E-state index contributed by atoms with van der Waals surface area (Å²) >= 11 is 0. The standard InChI is InChI=1S/C14H13FO2/c1-10(16)14-12(15)8-5-9-13(14)17-11-6-3-2-4-7-11/h2-10,16H,1H3. The molecular weight excluding hydrogens is 219 g/mol. The van der Waals surface area contributed by atoms with E-state index in [0.29, 0.717) is 11.5 Å². The highest BCUT2D eigenvalue weighted by molar-refractivity contribution is 5.39. The molecule has 1 unspecified atom stereocenters. The average molecular weight is 232 g/mol. The minimum Gasteiger partial charge on any atom is -0.457 e. The first-order valence-corrected chi connectivity index (χ1v) is 5.38. The molecule has 1 N–H and O–H groups in total. The van der Waals surface area contributed by atoms with Gasteiger partial charge >= 0.3 is 0 Å². The predicted molar refractivity (Wildman–Crippen MR) is 63.5 cm³/mol. The number of benzene rings is 2. The molecule has 0 aliphatic heterocycles. The van der Waals surface area contributed by atoms with Gasteiger partial charge in [0.2, 0.25) is 0 Å². The number of halogens is 1. The van der Waals surface area contributed by atoms with Gasteiger partial charge in [-0.1, -0.05) is 24.3 Å². The summed E-state index contributed by atoms with van der Waals surface area (Å²) in [5, 5.41) is 9.54. The van der Waals surface area contributed by atoms with Gasteiger partial charge in [-0.15, -0.1) is 0 Å². The number of hydrogen-bond donors (Lipinski definition) is 1. The molecule has 0 aromatic heterocycles. The molecule has 0 saturated carbocycles. The summed E-state index contributed by atoms with van der Waals surface area (Å²) in [6.07, 6.45) is -0.907. The molecule has 0 aliphatic rings. The lowest BCUT2D eigenvalue weighted by Gasteiger charge is -2.13. The monoisotopic (exact) mass is 232 g/mol. The van der Waals surface area contributed by atoms with Gasteiger partial charge in [0.15, 0.2) is 0 Å². The van der Waals surface area contributed by atoms with Crippen LogP contribution in [0.15, 0.2) is 48.5 Å². The number of hydrogen-bond acceptors (Lipinski definition) is 2. The van der Waals surface area contributed by atoms with E-state index < -0.39 is 11.9 Å². The molecule has 0 saturated heterocycles. The van der Waals surface area contributed by atoms with Gasteiger partial charge in [0, 0.05) is 0 Å². The molecule has 2 rings (SSSR count). The van der Waals surface area contributed by atoms with Crippen LogP contribution in [0.3, 0.4) is 0 Å². The Balaban J connectivity index is 2.36. The van der Waals surface area contributed by atoms with Crippen LogP contribution in [0, 0.1) is 5.82 Å². The molecule has 0 fully saturated rings. The molecule has 0 aliphatic carbocycles. The van der Waals surface area contributed by atoms with Gasteiger partial charge in [0.05, 0.1) is 11.7 Å². The summed E-state index contributed by atoms with van der Waals surface area (Å²) in [5.74, 6) is 0.486. The van der Waals surface area contributed by atoms with Gasteiger partial charge in [-0.3, -0.25) is 0 Å². The van der Waals surface area contributed by atoms with Crippen molar-refractivity contribution in [3.63, 3.8) is 0 Å². The lowest BCUT2D eigenvalue weighted by molar-refractivity contribution is 0.190. The first-order chi connectivity index (χ1) is 8.18. The Morgan fingerprint density at radius 3 is 2.41 bits per heavy atom. The van der Waals surface area contributed by atoms with Crippen molar-refractivity contribution < 1.29 is 14.2 Å². The highest BCUT2D eigenvalue weighted by Crippen LogP contribution is 2.31. The molecule has 17 heavy (non-hydrogen) atoms. The van der Waals surface area contributed by atoms with E-state index in [2.05, 4.69) is 0 Å². The van der Waals surface area contributed by atoms with Gasteiger partial charge in [-0.2, -0.15) is 0 Å². The molecule has 2 nitrogen and oxygen atoms in total. The maximum absolute atomic E-state index is 13.6. The summed E-state index contributed by atoms with van der Waals surface area (Å²) < 4.78 is 19.1. The van der Waals surface area contributed by atoms with E-state index in [1.165, 1.54) is 13.0 Å². The third-order valence-electron chi connectivity index (χ3n) is 2.40. The maximum Gasteiger partial charge on any atom is 0.136 e. The first-order valence-electron chi connectivity index (χ1n) is 5.38. The fourth-order valence-electron chi connectivity index (χ4n) is 1.63. The molecule has 3 heteroatoms. The largest absolute Gasteiger partial charge is 0.457 e. The Morgan fingerprint density at radius 2 is 1.76 bits per heavy atom. The summed E-state index contributed by atoms with van der Waals surface area (Å²) in [5.41, 5.74) is 0.177. The van der Waals surface area contributed by atoms with Crippen molar-refractivity contribution in [1.82, 2.24) is 0 Å². The molecule has 0 spiro atoms. The Hall–Kier alpha value is -1.87. The summed E-state index contributed by atoms with van der Waals surface area (Å²) in [4.78, 5) is 0. The van der Waals surface area contributed by atoms with Gasteiger partial charge in [0.1, 0.15) is 17.3 Å². The lowest BCUT2D eigenvalue weighted by Crippen LogP contribution is -1.99. The van der Waals surface area contributed by atoms with Crippen LogP contribution in [-0.2, 0) is 0 Å². The fraction of sp³-hybridized carbons (Fsp3) is 0.143. The van der Waals surface area contributed by atoms with Crippen LogP contribution >= 0.6 is 0 Å². The number of aliphatic hydroxyl groups is 1. The van der Waals surface area contributed by atoms with Crippen molar-refractivity contribution in [2.75, 3.05) is 0 Å². The van der Waals surface area contributed by atoms with Crippen molar-refractivity contribution in [1.29, 1.82) is 0 Å². The maximum atomic E-state index is 13.6. The molecule has 1 atom stereocenters. The second-order valence-electron chi connectivity index (χ2n) is 3.74. The molecule has 2 aromatic rings. The van der Waals surface area contributed by atoms with Crippen molar-refractivity contribution in [2.24, 2.45) is 0 Å². The molecule has 0 amide bonds. The Labute approximate surface area is 99.3 Å². The normalized spacial score (nSPS) is 12.2. The highest BCUT2D eigenvalue weighted by atomic mass is 19.1. The van der Waals surface area contributed by atoms with Crippen LogP contribution in [0.4, 0.5) is 4.39 Å². The quantitative estimate of drug-likeness (QED) is 0.874. The number of rotatable bonds is 3. The Morgan fingerprint density at radius 1 is 1.06 bits per heavy atom. The van der Waals surface area contributed by atoms with Gasteiger partial charge in [-0.05, 0) is 31.2 Å². The Bertz CT molecular complexity index is 495. The summed E-state index contributed by atoms with van der Waals surface area (Å²) in [6, 6.07) is 13.6. The van der Waals surface area contributed by atoms with E-state index in [1.807, 2.05) is 18.2 Å². The molecule has 0 heterocycles. The number of aliphatic hydroxyl groups excluding tert-OH is 1. The topological polar surface area (TPSA) is 29.5 Å². The van der Waals surface area contributed by atoms with Crippen LogP contribution in [-0.4, -0.2) is 5.11 Å². The average Bonchev–Trinajstić information content (AvgIpc) is 2.30. The van der Waals surface area contributed by atoms with Crippen LogP contribution in [0.2, 0.25) is 0 Å². The predicted octanol–water partition coefficient (Wildman–Crippen LogP) is 3.67. The van der Waals surface area contributed by atoms with E-state index in [0.717, 1.165) is 0 Å². The second-order valence-corrected chi connectivity index (χ2v) is 3.74. The smallest absolute Gasteiger partial charge is 0.136 e. The third kappa shape index (κ3) is 2.63. The third-order valence-corrected chi connectivity index (χ3v) is 2.40. The zero-order chi connectivity index (χ0) is 12.3. The molecule has 0 bridgehead atoms. The van der Waals surface area contributed by atoms with Crippen molar-refractivity contribution in [3.8, 4) is 11.5 Å². The minimum absolute atomic E-state index is 0.177. The number of ether oxygens (including phenoxy) is 1. The van der Waals surface area contributed by atoms with Crippen molar-refractivity contribution >= 4 is 0 Å². The second kappa shape index (κ2) is 4.97. The van der Waals surface area contributed by atoms with Crippen LogP contribution < -0.4 is 4.74 Å². The molecule has 0 radical (unpaired) electrons. The van der Waals surface area contributed by atoms with E-state index >= 15 is 0 Å². The van der Waals surface area contributed by atoms with E-state index in [-0.39, 0.29) is 5.56 Å². The summed E-state index contributed by atoms with van der Waals surface area (Å²) in [7, 11) is 0. The van der Waals surface area contributed by atoms with E-state index in [4.69, 9.17) is 4.74 Å². The van der Waals surface area contributed by atoms with Gasteiger partial charge < -0.3 is 9.84 Å². The van der Waals surface area contributed by atoms with Crippen molar-refractivity contribution in [3.05, 3.63) is 59.9 Å². The first kappa shape index (κ1) is 11.6. The van der Waals surface area contributed by atoms with Crippen LogP contribution in [0.25, 0.3) is 0 Å². The molecule has 88 valence electrons. The zero-order valence-corrected chi connectivity index (χ0v) is 9.43. The minimum atomic E-state index is -0.907. The van der Waals surface area contributed by atoms with Gasteiger partial charge in [0.25, 0.3) is 0 Å². The van der Waals surface area contributed by atoms with Gasteiger partial charge in [-0.25, -0.2) is 4.39 Å². The molecule has 2 aromatic carbocycles. The summed E-state index contributed by atoms with van der Waals surface area (Å²) in [6.45, 7) is 1.51. The van der Waals surface area contributed by atoms with E-state index in [1.54, 1.807) is 24.3 Å². The SMILES string of the molecule is CC(O)c1c(F)cccc1Oc1ccccc1. The van der Waals surface area contributed by atoms with E-state index in [9.17, 15) is 9.50 Å². The van der Waals surface area contributed by atoms with Crippen LogP contribution in [0.5, 0.6) is 11.5 Å². The molecular formula is C14H13FO2. The van der Waals surface area contributed by atoms with Crippen molar-refractivity contribution in [2.45, 2.75) is 13.0 Å². The Kier molecular flexibility index (Phi) is 3.40. The fourth-order valence-corrected chi connectivity index (χ4v) is 1.63.